The van der Waals surface area contributed by atoms with Crippen LogP contribution in [-0.4, -0.2) is 31.1 Å². The van der Waals surface area contributed by atoms with Gasteiger partial charge in [-0.15, -0.1) is 6.42 Å². The van der Waals surface area contributed by atoms with Gasteiger partial charge in [-0.25, -0.2) is 0 Å². The second-order valence-electron chi connectivity index (χ2n) is 4.58. The van der Waals surface area contributed by atoms with Crippen molar-refractivity contribution in [3.63, 3.8) is 0 Å². The normalized spacial score (nSPS) is 26.1. The number of terminal acetylenes is 1. The number of esters is 1. The van der Waals surface area contributed by atoms with Crippen LogP contribution >= 0.6 is 0 Å². The lowest BCUT2D eigenvalue weighted by molar-refractivity contribution is -0.142. The first-order valence-corrected chi connectivity index (χ1v) is 6.02. The highest BCUT2D eigenvalue weighted by molar-refractivity contribution is 5.69. The van der Waals surface area contributed by atoms with Gasteiger partial charge in [-0.05, 0) is 26.7 Å². The van der Waals surface area contributed by atoms with Gasteiger partial charge in [0.1, 0.15) is 12.2 Å². The number of hydrogen-bond acceptors (Lipinski definition) is 4. The van der Waals surface area contributed by atoms with Crippen LogP contribution in [0.5, 0.6) is 0 Å². The van der Waals surface area contributed by atoms with Crippen molar-refractivity contribution in [2.24, 2.45) is 0 Å². The minimum atomic E-state index is -0.623. The summed E-state index contributed by atoms with van der Waals surface area (Å²) in [6.45, 7) is 3.69. The summed E-state index contributed by atoms with van der Waals surface area (Å²) in [5.41, 5.74) is 0. The van der Waals surface area contributed by atoms with E-state index in [0.717, 1.165) is 0 Å². The largest absolute Gasteiger partial charge is 0.469 e. The van der Waals surface area contributed by atoms with E-state index in [2.05, 4.69) is 10.7 Å². The molecule has 1 aliphatic heterocycles. The molecular weight excluding hydrogens is 232 g/mol. The van der Waals surface area contributed by atoms with Crippen LogP contribution in [0.4, 0.5) is 0 Å². The van der Waals surface area contributed by atoms with Gasteiger partial charge in [0.15, 0.2) is 5.79 Å². The van der Waals surface area contributed by atoms with E-state index in [1.54, 1.807) is 0 Å². The summed E-state index contributed by atoms with van der Waals surface area (Å²) in [6, 6.07) is 0. The van der Waals surface area contributed by atoms with Gasteiger partial charge >= 0.3 is 5.97 Å². The summed E-state index contributed by atoms with van der Waals surface area (Å²) in [6.07, 6.45) is 10.6. The topological polar surface area (TPSA) is 44.8 Å². The number of allylic oxidation sites excluding steroid dienone is 1. The lowest BCUT2D eigenvalue weighted by atomic mass is 10.1. The molecule has 1 saturated heterocycles. The summed E-state index contributed by atoms with van der Waals surface area (Å²) in [7, 11) is 1.38. The smallest absolute Gasteiger partial charge is 0.305 e. The molecule has 0 aromatic carbocycles. The van der Waals surface area contributed by atoms with Crippen molar-refractivity contribution in [1.29, 1.82) is 0 Å². The van der Waals surface area contributed by atoms with Gasteiger partial charge in [-0.2, -0.15) is 0 Å². The zero-order valence-corrected chi connectivity index (χ0v) is 11.1. The quantitative estimate of drug-likeness (QED) is 0.427. The van der Waals surface area contributed by atoms with Gasteiger partial charge in [0.25, 0.3) is 0 Å². The Bertz CT molecular complexity index is 351. The molecule has 18 heavy (non-hydrogen) atoms. The van der Waals surface area contributed by atoms with Crippen LogP contribution in [0, 0.1) is 12.3 Å². The van der Waals surface area contributed by atoms with Gasteiger partial charge < -0.3 is 14.2 Å². The van der Waals surface area contributed by atoms with Crippen LogP contribution in [0.25, 0.3) is 0 Å². The van der Waals surface area contributed by atoms with Crippen molar-refractivity contribution in [3.05, 3.63) is 12.2 Å². The van der Waals surface area contributed by atoms with E-state index in [4.69, 9.17) is 15.9 Å². The average molecular weight is 252 g/mol. The third kappa shape index (κ3) is 4.52. The zero-order chi connectivity index (χ0) is 13.6. The Kier molecular flexibility index (Phi) is 5.39. The van der Waals surface area contributed by atoms with Gasteiger partial charge in [0, 0.05) is 6.42 Å². The summed E-state index contributed by atoms with van der Waals surface area (Å²) < 4.78 is 15.8. The molecule has 0 aromatic rings. The van der Waals surface area contributed by atoms with E-state index >= 15 is 0 Å². The lowest BCUT2D eigenvalue weighted by Crippen LogP contribution is -2.21. The maximum absolute atomic E-state index is 10.9. The van der Waals surface area contributed by atoms with Crippen LogP contribution in [0.15, 0.2) is 12.2 Å². The predicted molar refractivity (Wildman–Crippen MR) is 67.7 cm³/mol. The van der Waals surface area contributed by atoms with Gasteiger partial charge in [0.05, 0.1) is 7.11 Å². The fourth-order valence-electron chi connectivity index (χ4n) is 1.80. The molecule has 0 spiro atoms. The van der Waals surface area contributed by atoms with Crippen LogP contribution < -0.4 is 0 Å². The van der Waals surface area contributed by atoms with Gasteiger partial charge in [0.2, 0.25) is 0 Å². The SMILES string of the molecule is C#C[C@H]1OC(C)(C)O[C@H]1C/C=C\CCC(=O)OC. The Balaban J connectivity index is 2.33. The third-order valence-corrected chi connectivity index (χ3v) is 2.63. The fourth-order valence-corrected chi connectivity index (χ4v) is 1.80. The third-order valence-electron chi connectivity index (χ3n) is 2.63. The molecule has 0 radical (unpaired) electrons. The number of carbonyl (C=O) groups is 1. The summed E-state index contributed by atoms with van der Waals surface area (Å²) in [5, 5.41) is 0. The Morgan fingerprint density at radius 1 is 1.44 bits per heavy atom. The number of methoxy groups -OCH3 is 1. The summed E-state index contributed by atoms with van der Waals surface area (Å²) in [5.74, 6) is 1.75. The minimum absolute atomic E-state index is 0.126. The van der Waals surface area contributed by atoms with Crippen LogP contribution in [0.2, 0.25) is 0 Å². The monoisotopic (exact) mass is 252 g/mol. The molecular formula is C14H20O4. The van der Waals surface area contributed by atoms with E-state index in [9.17, 15) is 4.79 Å². The predicted octanol–water partition coefficient (Wildman–Crippen LogP) is 2.04. The molecule has 0 bridgehead atoms. The zero-order valence-electron chi connectivity index (χ0n) is 11.1. The summed E-state index contributed by atoms with van der Waals surface area (Å²) >= 11 is 0. The van der Waals surface area contributed by atoms with Crippen molar-refractivity contribution in [2.75, 3.05) is 7.11 Å². The van der Waals surface area contributed by atoms with Crippen molar-refractivity contribution in [1.82, 2.24) is 0 Å². The van der Waals surface area contributed by atoms with Crippen LogP contribution in [0.3, 0.4) is 0 Å². The Morgan fingerprint density at radius 3 is 2.78 bits per heavy atom. The highest BCUT2D eigenvalue weighted by Gasteiger charge is 2.39. The molecule has 0 aromatic heterocycles. The number of carbonyl (C=O) groups excluding carboxylic acids is 1. The second kappa shape index (κ2) is 6.58. The van der Waals surface area contributed by atoms with Crippen LogP contribution in [-0.2, 0) is 19.0 Å². The molecule has 0 saturated carbocycles. The summed E-state index contributed by atoms with van der Waals surface area (Å²) in [4.78, 5) is 10.9. The highest BCUT2D eigenvalue weighted by Crippen LogP contribution is 2.29. The number of rotatable bonds is 5. The first kappa shape index (κ1) is 14.7. The number of ether oxygens (including phenoxy) is 3. The van der Waals surface area contributed by atoms with E-state index < -0.39 is 5.79 Å². The fraction of sp³-hybridized carbons (Fsp3) is 0.643. The molecule has 1 rings (SSSR count). The Labute approximate surface area is 108 Å². The van der Waals surface area contributed by atoms with Crippen LogP contribution in [0.1, 0.15) is 33.1 Å². The maximum atomic E-state index is 10.9. The van der Waals surface area contributed by atoms with Crippen molar-refractivity contribution in [3.8, 4) is 12.3 Å². The molecule has 1 heterocycles. The Hall–Kier alpha value is -1.31. The van der Waals surface area contributed by atoms with Crippen molar-refractivity contribution in [2.45, 2.75) is 51.1 Å². The molecule has 1 aliphatic rings. The molecule has 100 valence electrons. The molecule has 0 aliphatic carbocycles. The molecule has 0 unspecified atom stereocenters. The van der Waals surface area contributed by atoms with Crippen molar-refractivity contribution >= 4 is 5.97 Å². The van der Waals surface area contributed by atoms with E-state index in [1.807, 2.05) is 26.0 Å². The van der Waals surface area contributed by atoms with E-state index in [0.29, 0.717) is 19.3 Å². The molecule has 2 atom stereocenters. The van der Waals surface area contributed by atoms with Crippen molar-refractivity contribution < 1.29 is 19.0 Å². The standard InChI is InChI=1S/C14H20O4/c1-5-11-12(18-14(2,3)17-11)9-7-6-8-10-13(15)16-4/h1,6-7,11-12H,8-10H2,2-4H3/b7-6-/t11-,12+/m1/s1. The second-order valence-corrected chi connectivity index (χ2v) is 4.58. The lowest BCUT2D eigenvalue weighted by Gasteiger charge is -2.15. The van der Waals surface area contributed by atoms with E-state index in [-0.39, 0.29) is 18.2 Å². The molecule has 4 nitrogen and oxygen atoms in total. The Morgan fingerprint density at radius 2 is 2.17 bits per heavy atom. The molecule has 4 heteroatoms. The van der Waals surface area contributed by atoms with Gasteiger partial charge in [-0.3, -0.25) is 4.79 Å². The molecule has 0 amide bonds. The highest BCUT2D eigenvalue weighted by atomic mass is 16.7. The average Bonchev–Trinajstić information content (AvgIpc) is 2.63. The maximum Gasteiger partial charge on any atom is 0.305 e. The first-order chi connectivity index (χ1) is 8.48. The minimum Gasteiger partial charge on any atom is -0.469 e. The van der Waals surface area contributed by atoms with Gasteiger partial charge in [-0.1, -0.05) is 18.1 Å². The first-order valence-electron chi connectivity index (χ1n) is 6.02. The van der Waals surface area contributed by atoms with E-state index in [1.165, 1.54) is 7.11 Å². The number of hydrogen-bond donors (Lipinski definition) is 0. The molecule has 0 N–H and O–H groups in total. The molecule has 1 fully saturated rings.